The van der Waals surface area contributed by atoms with E-state index in [-0.39, 0.29) is 5.56 Å². The Hall–Kier alpha value is -2.93. The van der Waals surface area contributed by atoms with E-state index in [2.05, 4.69) is 15.8 Å². The smallest absolute Gasteiger partial charge is 0.335 e. The molecule has 0 fully saturated rings. The van der Waals surface area contributed by atoms with Gasteiger partial charge in [-0.1, -0.05) is 12.1 Å². The highest BCUT2D eigenvalue weighted by molar-refractivity contribution is 7.80. The van der Waals surface area contributed by atoms with Gasteiger partial charge in [-0.3, -0.25) is 5.43 Å². The maximum atomic E-state index is 10.8. The van der Waals surface area contributed by atoms with E-state index in [1.165, 1.54) is 0 Å². The van der Waals surface area contributed by atoms with E-state index in [9.17, 15) is 4.79 Å². The van der Waals surface area contributed by atoms with Crippen molar-refractivity contribution < 1.29 is 14.6 Å². The summed E-state index contributed by atoms with van der Waals surface area (Å²) in [5.74, 6) is -0.221. The predicted octanol–water partition coefficient (Wildman–Crippen LogP) is 2.78. The Labute approximate surface area is 151 Å². The molecule has 0 radical (unpaired) electrons. The number of aromatic carboxylic acids is 1. The molecule has 3 N–H and O–H groups in total. The van der Waals surface area contributed by atoms with Crippen LogP contribution in [-0.4, -0.2) is 28.9 Å². The van der Waals surface area contributed by atoms with Crippen LogP contribution in [0.25, 0.3) is 0 Å². The molecule has 0 saturated heterocycles. The van der Waals surface area contributed by atoms with Gasteiger partial charge < -0.3 is 15.2 Å². The summed E-state index contributed by atoms with van der Waals surface area (Å²) in [7, 11) is 0. The zero-order valence-corrected chi connectivity index (χ0v) is 14.5. The molecule has 0 aliphatic rings. The molecule has 0 saturated carbocycles. The van der Waals surface area contributed by atoms with E-state index >= 15 is 0 Å². The number of hydrazone groups is 1. The number of hydrogen-bond acceptors (Lipinski definition) is 4. The van der Waals surface area contributed by atoms with Crippen LogP contribution in [0, 0.1) is 0 Å². The van der Waals surface area contributed by atoms with Gasteiger partial charge in [0.05, 0.1) is 11.8 Å². The summed E-state index contributed by atoms with van der Waals surface area (Å²) in [5, 5.41) is 16.3. The van der Waals surface area contributed by atoms with Gasteiger partial charge in [-0.05, 0) is 66.7 Å². The Morgan fingerprint density at radius 1 is 1.20 bits per heavy atom. The molecule has 0 unspecified atom stereocenters. The molecular formula is C18H19N3O3S. The van der Waals surface area contributed by atoms with Gasteiger partial charge in [0.2, 0.25) is 0 Å². The lowest BCUT2D eigenvalue weighted by Gasteiger charge is -2.07. The van der Waals surface area contributed by atoms with Gasteiger partial charge in [0, 0.05) is 6.54 Å². The Morgan fingerprint density at radius 2 is 1.88 bits per heavy atom. The monoisotopic (exact) mass is 357 g/mol. The highest BCUT2D eigenvalue weighted by Crippen LogP contribution is 2.14. The molecule has 2 aromatic carbocycles. The largest absolute Gasteiger partial charge is 0.489 e. The average molecular weight is 357 g/mol. The van der Waals surface area contributed by atoms with Crippen LogP contribution in [0.3, 0.4) is 0 Å². The SMILES string of the molecule is CCNC(=S)N/N=C\c1ccc(OCc2ccc(C(=O)O)cc2)cc1. The predicted molar refractivity (Wildman–Crippen MR) is 101 cm³/mol. The van der Waals surface area contributed by atoms with Crippen LogP contribution in [0.5, 0.6) is 5.75 Å². The van der Waals surface area contributed by atoms with E-state index in [1.54, 1.807) is 30.5 Å². The third kappa shape index (κ3) is 6.23. The number of rotatable bonds is 7. The molecular weight excluding hydrogens is 338 g/mol. The minimum Gasteiger partial charge on any atom is -0.489 e. The molecule has 0 aliphatic heterocycles. The molecule has 0 aliphatic carbocycles. The van der Waals surface area contributed by atoms with Crippen molar-refractivity contribution in [2.75, 3.05) is 6.54 Å². The van der Waals surface area contributed by atoms with E-state index in [0.29, 0.717) is 11.7 Å². The van der Waals surface area contributed by atoms with Crippen molar-refractivity contribution >= 4 is 29.5 Å². The molecule has 7 heteroatoms. The minimum absolute atomic E-state index is 0.259. The van der Waals surface area contributed by atoms with Gasteiger partial charge >= 0.3 is 5.97 Å². The standard InChI is InChI=1S/C18H19N3O3S/c1-2-19-18(25)21-20-11-13-5-9-16(10-6-13)24-12-14-3-7-15(8-4-14)17(22)23/h3-11H,2,12H2,1H3,(H,22,23)(H2,19,21,25)/b20-11-. The zero-order chi connectivity index (χ0) is 18.1. The molecule has 6 nitrogen and oxygen atoms in total. The third-order valence-electron chi connectivity index (χ3n) is 3.20. The van der Waals surface area contributed by atoms with Crippen LogP contribution in [0.4, 0.5) is 0 Å². The van der Waals surface area contributed by atoms with Gasteiger partial charge in [0.15, 0.2) is 5.11 Å². The number of nitrogens with zero attached hydrogens (tertiary/aromatic N) is 1. The van der Waals surface area contributed by atoms with E-state index in [1.807, 2.05) is 31.2 Å². The maximum absolute atomic E-state index is 10.8. The summed E-state index contributed by atoms with van der Waals surface area (Å²) in [6.07, 6.45) is 1.66. The van der Waals surface area contributed by atoms with Gasteiger partial charge in [-0.25, -0.2) is 4.79 Å². The number of carboxylic acids is 1. The number of hydrogen-bond donors (Lipinski definition) is 3. The van der Waals surface area contributed by atoms with Gasteiger partial charge in [-0.15, -0.1) is 0 Å². The molecule has 0 amide bonds. The van der Waals surface area contributed by atoms with E-state index in [4.69, 9.17) is 22.1 Å². The molecule has 0 spiro atoms. The van der Waals surface area contributed by atoms with Gasteiger partial charge in [-0.2, -0.15) is 5.10 Å². The third-order valence-corrected chi connectivity index (χ3v) is 3.44. The lowest BCUT2D eigenvalue weighted by molar-refractivity contribution is 0.0697. The second-order valence-electron chi connectivity index (χ2n) is 5.09. The van der Waals surface area contributed by atoms with Crippen LogP contribution in [0.15, 0.2) is 53.6 Å². The van der Waals surface area contributed by atoms with Gasteiger partial charge in [0.25, 0.3) is 0 Å². The molecule has 0 atom stereocenters. The minimum atomic E-state index is -0.939. The quantitative estimate of drug-likeness (QED) is 0.402. The Kier molecular flexibility index (Phi) is 6.91. The number of benzene rings is 2. The first-order valence-electron chi connectivity index (χ1n) is 7.70. The summed E-state index contributed by atoms with van der Waals surface area (Å²) >= 11 is 5.00. The molecule has 0 bridgehead atoms. The molecule has 2 rings (SSSR count). The Balaban J connectivity index is 1.84. The van der Waals surface area contributed by atoms with Crippen molar-refractivity contribution in [3.63, 3.8) is 0 Å². The summed E-state index contributed by atoms with van der Waals surface area (Å²) in [5.41, 5.74) is 4.79. The lowest BCUT2D eigenvalue weighted by atomic mass is 10.1. The maximum Gasteiger partial charge on any atom is 0.335 e. The Bertz CT molecular complexity index is 743. The van der Waals surface area contributed by atoms with Crippen LogP contribution in [0.1, 0.15) is 28.4 Å². The fourth-order valence-electron chi connectivity index (χ4n) is 1.93. The topological polar surface area (TPSA) is 83.0 Å². The van der Waals surface area contributed by atoms with Crippen LogP contribution in [-0.2, 0) is 6.61 Å². The summed E-state index contributed by atoms with van der Waals surface area (Å²) in [4.78, 5) is 10.8. The number of carboxylic acid groups (broad SMARTS) is 1. The number of ether oxygens (including phenoxy) is 1. The van der Waals surface area contributed by atoms with E-state index < -0.39 is 5.97 Å². The summed E-state index contributed by atoms with van der Waals surface area (Å²) in [6.45, 7) is 3.06. The lowest BCUT2D eigenvalue weighted by Crippen LogP contribution is -2.31. The van der Waals surface area contributed by atoms with Crippen molar-refractivity contribution in [2.45, 2.75) is 13.5 Å². The zero-order valence-electron chi connectivity index (χ0n) is 13.7. The first-order valence-corrected chi connectivity index (χ1v) is 8.11. The number of thiocarbonyl (C=S) groups is 1. The molecule has 130 valence electrons. The van der Waals surface area contributed by atoms with Crippen molar-refractivity contribution in [1.29, 1.82) is 0 Å². The number of carbonyl (C=O) groups is 1. The van der Waals surface area contributed by atoms with Crippen molar-refractivity contribution in [3.05, 3.63) is 65.2 Å². The Morgan fingerprint density at radius 3 is 2.48 bits per heavy atom. The highest BCUT2D eigenvalue weighted by atomic mass is 32.1. The van der Waals surface area contributed by atoms with Crippen molar-refractivity contribution in [3.8, 4) is 5.75 Å². The second-order valence-corrected chi connectivity index (χ2v) is 5.50. The summed E-state index contributed by atoms with van der Waals surface area (Å²) < 4.78 is 5.68. The van der Waals surface area contributed by atoms with Crippen molar-refractivity contribution in [1.82, 2.24) is 10.7 Å². The molecule has 0 heterocycles. The fraction of sp³-hybridized carbons (Fsp3) is 0.167. The molecule has 2 aromatic rings. The van der Waals surface area contributed by atoms with Crippen LogP contribution >= 0.6 is 12.2 Å². The van der Waals surface area contributed by atoms with Gasteiger partial charge in [0.1, 0.15) is 12.4 Å². The summed E-state index contributed by atoms with van der Waals surface area (Å²) in [6, 6.07) is 14.0. The molecule has 25 heavy (non-hydrogen) atoms. The average Bonchev–Trinajstić information content (AvgIpc) is 2.61. The van der Waals surface area contributed by atoms with E-state index in [0.717, 1.165) is 23.4 Å². The second kappa shape index (κ2) is 9.39. The van der Waals surface area contributed by atoms with Crippen molar-refractivity contribution in [2.24, 2.45) is 5.10 Å². The first kappa shape index (κ1) is 18.4. The fourth-order valence-corrected chi connectivity index (χ4v) is 2.12. The molecule has 0 aromatic heterocycles. The normalized spacial score (nSPS) is 10.4. The highest BCUT2D eigenvalue weighted by Gasteiger charge is 2.02. The number of nitrogens with one attached hydrogen (secondary N) is 2. The van der Waals surface area contributed by atoms with Crippen LogP contribution < -0.4 is 15.5 Å². The first-order chi connectivity index (χ1) is 12.1. The van der Waals surface area contributed by atoms with Crippen LogP contribution in [0.2, 0.25) is 0 Å².